The summed E-state index contributed by atoms with van der Waals surface area (Å²) >= 11 is 6.04. The monoisotopic (exact) mass is 267 g/mol. The van der Waals surface area contributed by atoms with Crippen LogP contribution >= 0.6 is 11.6 Å². The minimum atomic E-state index is 0.575. The highest BCUT2D eigenvalue weighted by Crippen LogP contribution is 2.15. The Morgan fingerprint density at radius 2 is 2.00 bits per heavy atom. The van der Waals surface area contributed by atoms with E-state index in [2.05, 4.69) is 38.2 Å². The van der Waals surface area contributed by atoms with Gasteiger partial charge in [0.1, 0.15) is 0 Å². The van der Waals surface area contributed by atoms with Gasteiger partial charge in [-0.1, -0.05) is 44.5 Å². The summed E-state index contributed by atoms with van der Waals surface area (Å²) in [5.41, 5.74) is 1.33. The molecule has 1 N–H and O–H groups in total. The van der Waals surface area contributed by atoms with Crippen LogP contribution in [0.2, 0.25) is 5.02 Å². The quantitative estimate of drug-likeness (QED) is 0.721. The normalized spacial score (nSPS) is 12.9. The second-order valence-electron chi connectivity index (χ2n) is 5.46. The summed E-state index contributed by atoms with van der Waals surface area (Å²) in [6.07, 6.45) is 4.78. The lowest BCUT2D eigenvalue weighted by Crippen LogP contribution is -2.32. The first-order valence-corrected chi connectivity index (χ1v) is 7.47. The molecule has 2 heteroatoms. The molecule has 0 aromatic heterocycles. The van der Waals surface area contributed by atoms with Gasteiger partial charge in [0, 0.05) is 11.1 Å². The lowest BCUT2D eigenvalue weighted by molar-refractivity contribution is 0.427. The summed E-state index contributed by atoms with van der Waals surface area (Å²) in [5.74, 6) is 0.773. The molecule has 1 nitrogen and oxygen atoms in total. The molecule has 0 amide bonds. The van der Waals surface area contributed by atoms with Crippen LogP contribution in [0.15, 0.2) is 24.3 Å². The Morgan fingerprint density at radius 1 is 1.22 bits per heavy atom. The molecule has 0 fully saturated rings. The molecule has 0 spiro atoms. The third kappa shape index (κ3) is 6.42. The van der Waals surface area contributed by atoms with Crippen LogP contribution in [0.3, 0.4) is 0 Å². The number of rotatable bonds is 8. The Balaban J connectivity index is 2.53. The number of nitrogens with one attached hydrogen (secondary N) is 1. The topological polar surface area (TPSA) is 12.0 Å². The van der Waals surface area contributed by atoms with Crippen LogP contribution in [0.4, 0.5) is 0 Å². The molecule has 1 unspecified atom stereocenters. The first-order chi connectivity index (χ1) is 8.61. The molecule has 0 aliphatic rings. The zero-order valence-electron chi connectivity index (χ0n) is 11.9. The Morgan fingerprint density at radius 3 is 2.61 bits per heavy atom. The second-order valence-corrected chi connectivity index (χ2v) is 5.89. The number of benzene rings is 1. The van der Waals surface area contributed by atoms with Gasteiger partial charge in [-0.3, -0.25) is 0 Å². The van der Waals surface area contributed by atoms with Gasteiger partial charge in [-0.15, -0.1) is 0 Å². The van der Waals surface area contributed by atoms with Crippen molar-refractivity contribution in [1.82, 2.24) is 5.32 Å². The summed E-state index contributed by atoms with van der Waals surface area (Å²) in [7, 11) is 0. The Hall–Kier alpha value is -0.530. The van der Waals surface area contributed by atoms with Crippen molar-refractivity contribution < 1.29 is 0 Å². The molecule has 0 aliphatic carbocycles. The van der Waals surface area contributed by atoms with E-state index in [-0.39, 0.29) is 0 Å². The minimum Gasteiger partial charge on any atom is -0.314 e. The van der Waals surface area contributed by atoms with Gasteiger partial charge in [0.2, 0.25) is 0 Å². The van der Waals surface area contributed by atoms with Crippen molar-refractivity contribution in [2.45, 2.75) is 52.5 Å². The van der Waals surface area contributed by atoms with E-state index < -0.39 is 0 Å². The van der Waals surface area contributed by atoms with Crippen molar-refractivity contribution in [1.29, 1.82) is 0 Å². The summed E-state index contributed by atoms with van der Waals surface area (Å²) < 4.78 is 0. The van der Waals surface area contributed by atoms with Crippen molar-refractivity contribution in [3.63, 3.8) is 0 Å². The first-order valence-electron chi connectivity index (χ1n) is 7.09. The highest BCUT2D eigenvalue weighted by Gasteiger charge is 2.10. The predicted molar refractivity (Wildman–Crippen MR) is 81.3 cm³/mol. The molecular weight excluding hydrogens is 242 g/mol. The summed E-state index contributed by atoms with van der Waals surface area (Å²) in [6.45, 7) is 7.89. The average Bonchev–Trinajstić information content (AvgIpc) is 2.32. The van der Waals surface area contributed by atoms with Crippen molar-refractivity contribution in [3.05, 3.63) is 34.9 Å². The lowest BCUT2D eigenvalue weighted by atomic mass is 9.97. The third-order valence-corrected chi connectivity index (χ3v) is 3.38. The second kappa shape index (κ2) is 8.55. The van der Waals surface area contributed by atoms with E-state index in [0.29, 0.717) is 6.04 Å². The minimum absolute atomic E-state index is 0.575. The predicted octanol–water partition coefficient (Wildman–Crippen LogP) is 4.69. The fourth-order valence-electron chi connectivity index (χ4n) is 2.11. The van der Waals surface area contributed by atoms with E-state index in [1.54, 1.807) is 0 Å². The standard InChI is InChI=1S/C16H26ClN/c1-4-10-18-16(9-8-13(2)3)12-14-6-5-7-15(17)11-14/h5-7,11,13,16,18H,4,8-10,12H2,1-3H3. The Bertz CT molecular complexity index is 336. The smallest absolute Gasteiger partial charge is 0.0408 e. The molecule has 18 heavy (non-hydrogen) atoms. The fourth-order valence-corrected chi connectivity index (χ4v) is 2.32. The first kappa shape index (κ1) is 15.5. The van der Waals surface area contributed by atoms with Gasteiger partial charge in [-0.05, 0) is 55.8 Å². The van der Waals surface area contributed by atoms with Crippen LogP contribution < -0.4 is 5.32 Å². The summed E-state index contributed by atoms with van der Waals surface area (Å²) in [5, 5.41) is 4.49. The van der Waals surface area contributed by atoms with Crippen LogP contribution in [0.1, 0.15) is 45.6 Å². The molecular formula is C16H26ClN. The van der Waals surface area contributed by atoms with Crippen molar-refractivity contribution in [3.8, 4) is 0 Å². The molecule has 1 rings (SSSR count). The highest BCUT2D eigenvalue weighted by molar-refractivity contribution is 6.30. The van der Waals surface area contributed by atoms with Gasteiger partial charge in [0.05, 0.1) is 0 Å². The van der Waals surface area contributed by atoms with E-state index in [4.69, 9.17) is 11.6 Å². The zero-order valence-corrected chi connectivity index (χ0v) is 12.6. The molecule has 0 aliphatic heterocycles. The van der Waals surface area contributed by atoms with Gasteiger partial charge in [-0.2, -0.15) is 0 Å². The van der Waals surface area contributed by atoms with E-state index >= 15 is 0 Å². The fraction of sp³-hybridized carbons (Fsp3) is 0.625. The van der Waals surface area contributed by atoms with Crippen LogP contribution in [-0.4, -0.2) is 12.6 Å². The van der Waals surface area contributed by atoms with E-state index in [1.165, 1.54) is 24.8 Å². The van der Waals surface area contributed by atoms with Crippen LogP contribution in [0.5, 0.6) is 0 Å². The van der Waals surface area contributed by atoms with Crippen molar-refractivity contribution in [2.75, 3.05) is 6.54 Å². The molecule has 0 bridgehead atoms. The number of hydrogen-bond acceptors (Lipinski definition) is 1. The Kier molecular flexibility index (Phi) is 7.38. The lowest BCUT2D eigenvalue weighted by Gasteiger charge is -2.19. The molecule has 102 valence electrons. The van der Waals surface area contributed by atoms with Gasteiger partial charge in [0.15, 0.2) is 0 Å². The summed E-state index contributed by atoms with van der Waals surface area (Å²) in [6, 6.07) is 8.80. The molecule has 0 heterocycles. The number of hydrogen-bond donors (Lipinski definition) is 1. The maximum Gasteiger partial charge on any atom is 0.0408 e. The SMILES string of the molecule is CCCNC(CCC(C)C)Cc1cccc(Cl)c1. The Labute approximate surface area is 117 Å². The van der Waals surface area contributed by atoms with Gasteiger partial charge < -0.3 is 5.32 Å². The van der Waals surface area contributed by atoms with Crippen molar-refractivity contribution in [2.24, 2.45) is 5.92 Å². The van der Waals surface area contributed by atoms with Crippen molar-refractivity contribution >= 4 is 11.6 Å². The van der Waals surface area contributed by atoms with Crippen LogP contribution in [0, 0.1) is 5.92 Å². The maximum absolute atomic E-state index is 6.04. The number of halogens is 1. The molecule has 1 aromatic rings. The zero-order chi connectivity index (χ0) is 13.4. The average molecular weight is 268 g/mol. The third-order valence-electron chi connectivity index (χ3n) is 3.15. The molecule has 0 saturated carbocycles. The van der Waals surface area contributed by atoms with Crippen LogP contribution in [0.25, 0.3) is 0 Å². The van der Waals surface area contributed by atoms with Gasteiger partial charge in [-0.25, -0.2) is 0 Å². The molecule has 0 radical (unpaired) electrons. The van der Waals surface area contributed by atoms with Gasteiger partial charge in [0.25, 0.3) is 0 Å². The summed E-state index contributed by atoms with van der Waals surface area (Å²) in [4.78, 5) is 0. The van der Waals surface area contributed by atoms with E-state index in [9.17, 15) is 0 Å². The molecule has 0 saturated heterocycles. The molecule has 1 atom stereocenters. The highest BCUT2D eigenvalue weighted by atomic mass is 35.5. The maximum atomic E-state index is 6.04. The van der Waals surface area contributed by atoms with E-state index in [0.717, 1.165) is 23.9 Å². The largest absolute Gasteiger partial charge is 0.314 e. The molecule has 1 aromatic carbocycles. The van der Waals surface area contributed by atoms with Gasteiger partial charge >= 0.3 is 0 Å². The van der Waals surface area contributed by atoms with Crippen LogP contribution in [-0.2, 0) is 6.42 Å². The van der Waals surface area contributed by atoms with E-state index in [1.807, 2.05) is 12.1 Å².